The minimum atomic E-state index is -1.12. The summed E-state index contributed by atoms with van der Waals surface area (Å²) >= 11 is 1.59. The molecule has 1 aromatic heterocycles. The first-order valence-corrected chi connectivity index (χ1v) is 12.3. The van der Waals surface area contributed by atoms with Crippen LogP contribution in [0.25, 0.3) is 0 Å². The molecule has 3 heterocycles. The predicted molar refractivity (Wildman–Crippen MR) is 99.8 cm³/mol. The molecular formula is C13H15AlN6O5S2. The number of allylic oxidation sites excluding steroid dienone is 1. The molecule has 1 aromatic rings. The lowest BCUT2D eigenvalue weighted by molar-refractivity contribution is -0.158. The molecule has 2 aliphatic rings. The van der Waals surface area contributed by atoms with Crippen LogP contribution in [0, 0.1) is 5.92 Å². The quantitative estimate of drug-likeness (QED) is 0.141. The minimum Gasteiger partial charge on any atom is -0.477 e. The van der Waals surface area contributed by atoms with E-state index in [1.54, 1.807) is 0 Å². The van der Waals surface area contributed by atoms with E-state index in [1.807, 2.05) is 0 Å². The molecule has 3 rings (SSSR count). The molecule has 142 valence electrons. The van der Waals surface area contributed by atoms with Gasteiger partial charge in [0.1, 0.15) is 5.70 Å². The number of fused-ring (bicyclic) bond motifs is 1. The van der Waals surface area contributed by atoms with Gasteiger partial charge >= 0.3 is 21.1 Å². The number of rotatable bonds is 6. The SMILES string of the molecule is Nc1nc(/C(=N/O)C(=O)NC[C@@H]2C(=O)N3C(C(=O)O)=C([S][AlH2])CC[C@H]23)ns1. The van der Waals surface area contributed by atoms with Crippen molar-refractivity contribution in [3.8, 4) is 0 Å². The number of β-lactam (4-membered cyclic amide) rings is 1. The summed E-state index contributed by atoms with van der Waals surface area (Å²) in [5.74, 6) is -2.85. The van der Waals surface area contributed by atoms with E-state index < -0.39 is 23.5 Å². The van der Waals surface area contributed by atoms with Crippen LogP contribution in [-0.4, -0.2) is 75.8 Å². The van der Waals surface area contributed by atoms with Crippen LogP contribution in [0.15, 0.2) is 15.8 Å². The van der Waals surface area contributed by atoms with Crippen molar-refractivity contribution in [2.45, 2.75) is 18.9 Å². The number of nitrogens with one attached hydrogen (secondary N) is 1. The number of amides is 2. The molecule has 0 saturated carbocycles. The topological polar surface area (TPSA) is 171 Å². The summed E-state index contributed by atoms with van der Waals surface area (Å²) in [6.45, 7) is -0.00623. The second-order valence-corrected chi connectivity index (χ2v) is 8.73. The number of carbonyl (C=O) groups is 3. The lowest BCUT2D eigenvalue weighted by Gasteiger charge is -2.50. The summed E-state index contributed by atoms with van der Waals surface area (Å²) in [5, 5.41) is 24.0. The molecule has 0 unspecified atom stereocenters. The van der Waals surface area contributed by atoms with E-state index in [2.05, 4.69) is 19.8 Å². The lowest BCUT2D eigenvalue weighted by Crippen LogP contribution is -2.65. The van der Waals surface area contributed by atoms with E-state index in [0.29, 0.717) is 12.8 Å². The summed E-state index contributed by atoms with van der Waals surface area (Å²) < 4.78 is 3.81. The van der Waals surface area contributed by atoms with Crippen LogP contribution < -0.4 is 11.1 Å². The number of nitrogens with two attached hydrogens (primary N) is 1. The number of carboxylic acid groups (broad SMARTS) is 1. The highest BCUT2D eigenvalue weighted by molar-refractivity contribution is 8.22. The fourth-order valence-corrected chi connectivity index (χ4v) is 5.52. The maximum Gasteiger partial charge on any atom is 0.353 e. The van der Waals surface area contributed by atoms with Crippen LogP contribution in [0.5, 0.6) is 0 Å². The summed E-state index contributed by atoms with van der Waals surface area (Å²) in [7, 11) is 1.46. The molecule has 0 bridgehead atoms. The second-order valence-electron chi connectivity index (χ2n) is 5.82. The molecule has 0 aromatic carbocycles. The van der Waals surface area contributed by atoms with Gasteiger partial charge in [-0.2, -0.15) is 9.36 Å². The standard InChI is InChI=1S/C13H14N6O5S2.Al.2H/c14-13-16-9(18-26-13)7(17-24)10(20)15-3-4-5-1-2-6(25)8(12(22)23)19(5)11(4)21;;;/h4-5,24-25H,1-3H2,(H,15,20)(H,22,23)(H2,14,16,18);;;/q;+1;;/p-1/b17-7-;;;/t4-,5+;;;/m0.../s1. The number of nitrogens with zero attached hydrogens (tertiary/aromatic N) is 4. The van der Waals surface area contributed by atoms with Crippen molar-refractivity contribution in [3.05, 3.63) is 16.4 Å². The van der Waals surface area contributed by atoms with Crippen LogP contribution in [0.1, 0.15) is 18.7 Å². The Kier molecular flexibility index (Phi) is 5.70. The van der Waals surface area contributed by atoms with E-state index in [4.69, 9.17) is 10.9 Å². The number of hydrogen-bond donors (Lipinski definition) is 4. The number of hydrogen-bond acceptors (Lipinski definition) is 10. The molecular weight excluding hydrogens is 411 g/mol. The van der Waals surface area contributed by atoms with E-state index in [9.17, 15) is 19.5 Å². The number of aromatic nitrogens is 2. The Morgan fingerprint density at radius 2 is 2.26 bits per heavy atom. The van der Waals surface area contributed by atoms with Crippen molar-refractivity contribution in [1.82, 2.24) is 19.6 Å². The number of nitrogen functional groups attached to an aromatic ring is 1. The second kappa shape index (κ2) is 7.85. The van der Waals surface area contributed by atoms with Crippen LogP contribution in [0.4, 0.5) is 5.13 Å². The number of aliphatic carboxylic acids is 1. The highest BCUT2D eigenvalue weighted by Gasteiger charge is 2.52. The number of carbonyl (C=O) groups excluding carboxylic acids is 2. The molecule has 1 fully saturated rings. The first kappa shape index (κ1) is 19.6. The maximum absolute atomic E-state index is 12.5. The largest absolute Gasteiger partial charge is 0.477 e. The van der Waals surface area contributed by atoms with Gasteiger partial charge in [0, 0.05) is 18.1 Å². The lowest BCUT2D eigenvalue weighted by atomic mass is 9.81. The number of anilines is 1. The Labute approximate surface area is 168 Å². The summed E-state index contributed by atoms with van der Waals surface area (Å²) in [6.07, 6.45) is 1.23. The van der Waals surface area contributed by atoms with Gasteiger partial charge in [-0.15, -0.1) is 0 Å². The smallest absolute Gasteiger partial charge is 0.353 e. The van der Waals surface area contributed by atoms with Crippen molar-refractivity contribution in [3.63, 3.8) is 0 Å². The third-order valence-corrected chi connectivity index (χ3v) is 7.33. The van der Waals surface area contributed by atoms with Crippen molar-refractivity contribution in [2.75, 3.05) is 12.3 Å². The number of oxime groups is 1. The van der Waals surface area contributed by atoms with Crippen molar-refractivity contribution in [2.24, 2.45) is 11.1 Å². The fraction of sp³-hybridized carbons (Fsp3) is 0.385. The molecule has 2 aliphatic heterocycles. The van der Waals surface area contributed by atoms with Crippen LogP contribution in [-0.2, 0) is 14.4 Å². The minimum absolute atomic E-state index is 0.00623. The maximum atomic E-state index is 12.5. The Bertz CT molecular complexity index is 871. The Morgan fingerprint density at radius 3 is 2.81 bits per heavy atom. The van der Waals surface area contributed by atoms with Gasteiger partial charge in [-0.1, -0.05) is 5.16 Å². The monoisotopic (exact) mass is 426 g/mol. The number of carboxylic acids is 1. The van der Waals surface area contributed by atoms with Gasteiger partial charge in [0.25, 0.3) is 5.91 Å². The molecule has 27 heavy (non-hydrogen) atoms. The summed E-state index contributed by atoms with van der Waals surface area (Å²) in [4.78, 5) is 42.0. The molecule has 0 aliphatic carbocycles. The normalized spacial score (nSPS) is 22.3. The first-order chi connectivity index (χ1) is 12.9. The van der Waals surface area contributed by atoms with Crippen LogP contribution in [0.2, 0.25) is 0 Å². The third-order valence-electron chi connectivity index (χ3n) is 4.42. The zero-order valence-corrected chi connectivity index (χ0v) is 17.7. The molecule has 0 spiro atoms. The Balaban J connectivity index is 1.67. The van der Waals surface area contributed by atoms with E-state index in [1.165, 1.54) is 15.0 Å². The van der Waals surface area contributed by atoms with E-state index in [-0.39, 0.29) is 35.1 Å². The van der Waals surface area contributed by atoms with Gasteiger partial charge in [-0.05, 0) is 17.7 Å². The van der Waals surface area contributed by atoms with Crippen molar-refractivity contribution < 1.29 is 24.7 Å². The highest BCUT2D eigenvalue weighted by atomic mass is 32.3. The van der Waals surface area contributed by atoms with E-state index in [0.717, 1.165) is 31.6 Å². The van der Waals surface area contributed by atoms with Gasteiger partial charge in [0.05, 0.1) is 12.0 Å². The zero-order chi connectivity index (χ0) is 19.7. The average molecular weight is 426 g/mol. The van der Waals surface area contributed by atoms with Crippen LogP contribution >= 0.6 is 21.7 Å². The third kappa shape index (κ3) is 3.53. The summed E-state index contributed by atoms with van der Waals surface area (Å²) in [6, 6.07) is -0.274. The molecule has 0 radical (unpaired) electrons. The molecule has 2 amide bonds. The van der Waals surface area contributed by atoms with Crippen LogP contribution in [0.3, 0.4) is 0 Å². The van der Waals surface area contributed by atoms with Crippen molar-refractivity contribution >= 4 is 65.4 Å². The fourth-order valence-electron chi connectivity index (χ4n) is 3.20. The van der Waals surface area contributed by atoms with Gasteiger partial charge < -0.3 is 26.3 Å². The molecule has 5 N–H and O–H groups in total. The molecule has 14 heteroatoms. The predicted octanol–water partition coefficient (Wildman–Crippen LogP) is -1.39. The highest BCUT2D eigenvalue weighted by Crippen LogP contribution is 2.42. The molecule has 11 nitrogen and oxygen atoms in total. The van der Waals surface area contributed by atoms with Gasteiger partial charge in [0.2, 0.25) is 17.4 Å². The first-order valence-electron chi connectivity index (χ1n) is 7.82. The Morgan fingerprint density at radius 1 is 1.52 bits per heavy atom. The molecule has 2 atom stereocenters. The van der Waals surface area contributed by atoms with Crippen molar-refractivity contribution in [1.29, 1.82) is 0 Å². The summed E-state index contributed by atoms with van der Waals surface area (Å²) in [5.41, 5.74) is 5.10. The van der Waals surface area contributed by atoms with Gasteiger partial charge in [-0.25, -0.2) is 14.9 Å². The van der Waals surface area contributed by atoms with Gasteiger partial charge in [0.15, 0.2) is 5.13 Å². The Hall–Kier alpha value is -2.14. The van der Waals surface area contributed by atoms with Gasteiger partial charge in [-0.3, -0.25) is 9.59 Å². The van der Waals surface area contributed by atoms with E-state index >= 15 is 0 Å². The molecule has 1 saturated heterocycles. The average Bonchev–Trinajstić information content (AvgIpc) is 3.06. The zero-order valence-electron chi connectivity index (χ0n) is 14.1.